The summed E-state index contributed by atoms with van der Waals surface area (Å²) >= 11 is 0. The smallest absolute Gasteiger partial charge is 0.295 e. The van der Waals surface area contributed by atoms with Crippen molar-refractivity contribution in [2.24, 2.45) is 0 Å². The fraction of sp³-hybridized carbons (Fsp3) is 0.192. The quantitative estimate of drug-likeness (QED) is 0.234. The summed E-state index contributed by atoms with van der Waals surface area (Å²) in [6, 6.07) is 15.3. The number of likely N-dealkylation sites (tertiary alicyclic amines) is 1. The molecule has 1 N–H and O–H groups in total. The van der Waals surface area contributed by atoms with Crippen LogP contribution >= 0.6 is 0 Å². The zero-order chi connectivity index (χ0) is 23.2. The third-order valence-electron chi connectivity index (χ3n) is 5.53. The fourth-order valence-electron chi connectivity index (χ4n) is 3.95. The number of ether oxygens (including phenoxy) is 1. The number of aromatic nitrogens is 2. The highest BCUT2D eigenvalue weighted by Gasteiger charge is 2.45. The second kappa shape index (κ2) is 9.99. The number of Topliss-reactive ketones (excluding diaryl/α,β-unsaturated/α-hetero) is 1. The number of carbonyl (C=O) groups excluding carboxylic acids is 2. The molecule has 0 saturated carbocycles. The summed E-state index contributed by atoms with van der Waals surface area (Å²) in [5.74, 6) is -0.826. The van der Waals surface area contributed by atoms with Crippen LogP contribution in [0.3, 0.4) is 0 Å². The number of rotatable bonds is 9. The Morgan fingerprint density at radius 1 is 1.09 bits per heavy atom. The Labute approximate surface area is 192 Å². The van der Waals surface area contributed by atoms with Crippen LogP contribution in [-0.2, 0) is 16.1 Å². The minimum Gasteiger partial charge on any atom is -0.507 e. The zero-order valence-electron chi connectivity index (χ0n) is 18.1. The summed E-state index contributed by atoms with van der Waals surface area (Å²) < 4.78 is 7.47. The molecule has 1 unspecified atom stereocenters. The fourth-order valence-corrected chi connectivity index (χ4v) is 3.95. The van der Waals surface area contributed by atoms with Crippen molar-refractivity contribution in [1.29, 1.82) is 0 Å². The van der Waals surface area contributed by atoms with E-state index in [2.05, 4.69) is 11.6 Å². The maximum Gasteiger partial charge on any atom is 0.295 e. The molecule has 1 amide bonds. The lowest BCUT2D eigenvalue weighted by Crippen LogP contribution is -2.31. The predicted octanol–water partition coefficient (Wildman–Crippen LogP) is 3.96. The Bertz CT molecular complexity index is 1150. The van der Waals surface area contributed by atoms with Crippen LogP contribution in [0.1, 0.15) is 23.6 Å². The van der Waals surface area contributed by atoms with Crippen LogP contribution < -0.4 is 4.74 Å². The number of imidazole rings is 1. The van der Waals surface area contributed by atoms with Gasteiger partial charge in [0.15, 0.2) is 0 Å². The number of nitrogens with zero attached hydrogens (tertiary/aromatic N) is 3. The second-order valence-electron chi connectivity index (χ2n) is 7.68. The van der Waals surface area contributed by atoms with Gasteiger partial charge in [-0.05, 0) is 24.1 Å². The maximum absolute atomic E-state index is 13.1. The second-order valence-corrected chi connectivity index (χ2v) is 7.68. The topological polar surface area (TPSA) is 84.7 Å². The molecule has 33 heavy (non-hydrogen) atoms. The van der Waals surface area contributed by atoms with Crippen molar-refractivity contribution in [1.82, 2.24) is 14.5 Å². The average Bonchev–Trinajstić information content (AvgIpc) is 3.45. The molecule has 1 aliphatic rings. The van der Waals surface area contributed by atoms with Gasteiger partial charge in [-0.15, -0.1) is 0 Å². The minimum atomic E-state index is -0.693. The van der Waals surface area contributed by atoms with Crippen LogP contribution in [0.4, 0.5) is 0 Å². The molecule has 2 aromatic carbocycles. The van der Waals surface area contributed by atoms with Gasteiger partial charge in [-0.3, -0.25) is 9.59 Å². The number of aliphatic hydroxyl groups is 1. The molecule has 3 aromatic rings. The van der Waals surface area contributed by atoms with Crippen LogP contribution in [0, 0.1) is 0 Å². The molecule has 1 saturated heterocycles. The molecule has 0 radical (unpaired) electrons. The Morgan fingerprint density at radius 3 is 2.52 bits per heavy atom. The summed E-state index contributed by atoms with van der Waals surface area (Å²) in [4.78, 5) is 31.6. The number of amides is 1. The van der Waals surface area contributed by atoms with Crippen molar-refractivity contribution in [2.45, 2.75) is 19.0 Å². The standard InChI is InChI=1S/C26H25N3O4/c1-2-17-33-21-11-9-19(10-12-21)23-22(24(30)20-7-4-3-5-8-20)25(31)26(32)29(23)15-6-14-28-16-13-27-18-28/h2-5,7-13,16,18,23,30H,1,6,14-15,17H2/b24-22+. The molecule has 4 rings (SSSR count). The maximum atomic E-state index is 13.1. The lowest BCUT2D eigenvalue weighted by molar-refractivity contribution is -0.139. The van der Waals surface area contributed by atoms with Crippen molar-refractivity contribution in [3.63, 3.8) is 0 Å². The SMILES string of the molecule is C=CCOc1ccc(C2/C(=C(\O)c3ccccc3)C(=O)C(=O)N2CCCn2ccnc2)cc1. The molecule has 7 heteroatoms. The molecule has 1 aliphatic heterocycles. The van der Waals surface area contributed by atoms with E-state index in [0.29, 0.717) is 37.4 Å². The normalized spacial score (nSPS) is 17.3. The number of hydrogen-bond acceptors (Lipinski definition) is 5. The number of hydrogen-bond donors (Lipinski definition) is 1. The van der Waals surface area contributed by atoms with E-state index >= 15 is 0 Å². The van der Waals surface area contributed by atoms with Crippen LogP contribution in [0.25, 0.3) is 5.76 Å². The van der Waals surface area contributed by atoms with E-state index < -0.39 is 17.7 Å². The molecule has 7 nitrogen and oxygen atoms in total. The van der Waals surface area contributed by atoms with Gasteiger partial charge >= 0.3 is 0 Å². The van der Waals surface area contributed by atoms with Crippen molar-refractivity contribution < 1.29 is 19.4 Å². The summed E-state index contributed by atoms with van der Waals surface area (Å²) in [7, 11) is 0. The van der Waals surface area contributed by atoms with Gasteiger partial charge in [-0.2, -0.15) is 0 Å². The molecular weight excluding hydrogens is 418 g/mol. The number of benzene rings is 2. The Balaban J connectivity index is 1.69. The van der Waals surface area contributed by atoms with Gasteiger partial charge < -0.3 is 19.3 Å². The number of aryl methyl sites for hydroxylation is 1. The minimum absolute atomic E-state index is 0.0913. The van der Waals surface area contributed by atoms with Gasteiger partial charge in [-0.1, -0.05) is 55.1 Å². The first-order chi connectivity index (χ1) is 16.1. The van der Waals surface area contributed by atoms with Crippen molar-refractivity contribution in [3.05, 3.63) is 103 Å². The number of carbonyl (C=O) groups is 2. The predicted molar refractivity (Wildman–Crippen MR) is 124 cm³/mol. The van der Waals surface area contributed by atoms with Gasteiger partial charge in [0.1, 0.15) is 18.1 Å². The van der Waals surface area contributed by atoms with Crippen LogP contribution in [0.5, 0.6) is 5.75 Å². The number of aliphatic hydroxyl groups excluding tert-OH is 1. The van der Waals surface area contributed by atoms with Gasteiger partial charge in [0.2, 0.25) is 0 Å². The van der Waals surface area contributed by atoms with Gasteiger partial charge in [0.25, 0.3) is 11.7 Å². The Morgan fingerprint density at radius 2 is 1.85 bits per heavy atom. The van der Waals surface area contributed by atoms with E-state index in [0.717, 1.165) is 5.56 Å². The highest BCUT2D eigenvalue weighted by molar-refractivity contribution is 6.46. The monoisotopic (exact) mass is 443 g/mol. The van der Waals surface area contributed by atoms with Crippen molar-refractivity contribution in [2.75, 3.05) is 13.2 Å². The highest BCUT2D eigenvalue weighted by Crippen LogP contribution is 2.39. The van der Waals surface area contributed by atoms with E-state index in [4.69, 9.17) is 4.74 Å². The lowest BCUT2D eigenvalue weighted by atomic mass is 9.95. The first-order valence-electron chi connectivity index (χ1n) is 10.7. The molecule has 0 aliphatic carbocycles. The molecular formula is C26H25N3O4. The summed E-state index contributed by atoms with van der Waals surface area (Å²) in [5.41, 5.74) is 1.30. The van der Waals surface area contributed by atoms with E-state index in [-0.39, 0.29) is 11.3 Å². The van der Waals surface area contributed by atoms with Gasteiger partial charge in [0.05, 0.1) is 17.9 Å². The van der Waals surface area contributed by atoms with Crippen molar-refractivity contribution in [3.8, 4) is 5.75 Å². The third kappa shape index (κ3) is 4.72. The summed E-state index contributed by atoms with van der Waals surface area (Å²) in [6.45, 7) is 5.03. The Hall–Kier alpha value is -4.13. The van der Waals surface area contributed by atoms with Gasteiger partial charge in [0, 0.05) is 31.0 Å². The number of ketones is 1. The summed E-state index contributed by atoms with van der Waals surface area (Å²) in [5, 5.41) is 11.0. The van der Waals surface area contributed by atoms with Crippen LogP contribution in [0.2, 0.25) is 0 Å². The largest absolute Gasteiger partial charge is 0.507 e. The van der Waals surface area contributed by atoms with Gasteiger partial charge in [-0.25, -0.2) is 4.98 Å². The molecule has 1 aromatic heterocycles. The first-order valence-corrected chi connectivity index (χ1v) is 10.7. The molecule has 168 valence electrons. The van der Waals surface area contributed by atoms with E-state index in [1.54, 1.807) is 55.0 Å². The Kier molecular flexibility index (Phi) is 6.69. The first kappa shape index (κ1) is 22.1. The lowest BCUT2D eigenvalue weighted by Gasteiger charge is -2.25. The van der Waals surface area contributed by atoms with Crippen LogP contribution in [-0.4, -0.2) is 44.4 Å². The summed E-state index contributed by atoms with van der Waals surface area (Å²) in [6.07, 6.45) is 7.54. The highest BCUT2D eigenvalue weighted by atomic mass is 16.5. The zero-order valence-corrected chi connectivity index (χ0v) is 18.1. The van der Waals surface area contributed by atoms with E-state index in [1.165, 1.54) is 4.90 Å². The van der Waals surface area contributed by atoms with E-state index in [1.807, 2.05) is 29.0 Å². The molecule has 1 atom stereocenters. The average molecular weight is 444 g/mol. The van der Waals surface area contributed by atoms with Crippen molar-refractivity contribution >= 4 is 17.4 Å². The third-order valence-corrected chi connectivity index (χ3v) is 5.53. The van der Waals surface area contributed by atoms with E-state index in [9.17, 15) is 14.7 Å². The molecule has 1 fully saturated rings. The molecule has 0 bridgehead atoms. The molecule has 0 spiro atoms. The van der Waals surface area contributed by atoms with Crippen LogP contribution in [0.15, 0.2) is 91.5 Å². The molecule has 2 heterocycles.